The number of aryl methyl sites for hydroxylation is 1. The van der Waals surface area contributed by atoms with Crippen LogP contribution in [0.5, 0.6) is 0 Å². The summed E-state index contributed by atoms with van der Waals surface area (Å²) in [6, 6.07) is 1.89. The molecule has 2 aromatic rings. The molecule has 0 atom stereocenters. The molecule has 0 unspecified atom stereocenters. The molecular formula is C14H21N5O. The molecule has 20 heavy (non-hydrogen) atoms. The summed E-state index contributed by atoms with van der Waals surface area (Å²) in [5.41, 5.74) is 7.49. The van der Waals surface area contributed by atoms with E-state index in [0.717, 1.165) is 28.7 Å². The van der Waals surface area contributed by atoms with Gasteiger partial charge in [-0.2, -0.15) is 0 Å². The summed E-state index contributed by atoms with van der Waals surface area (Å²) in [5.74, 6) is 2.75. The highest BCUT2D eigenvalue weighted by Crippen LogP contribution is 2.24. The summed E-state index contributed by atoms with van der Waals surface area (Å²) in [4.78, 5) is 8.92. The second-order valence-electron chi connectivity index (χ2n) is 5.94. The maximum Gasteiger partial charge on any atom is 0.138 e. The lowest BCUT2D eigenvalue weighted by molar-refractivity contribution is 0.391. The van der Waals surface area contributed by atoms with Gasteiger partial charge in [-0.1, -0.05) is 25.9 Å². The molecule has 108 valence electrons. The zero-order chi connectivity index (χ0) is 14.9. The topological polar surface area (TPSA) is 89.9 Å². The van der Waals surface area contributed by atoms with Crippen LogP contribution in [0.1, 0.15) is 43.6 Å². The van der Waals surface area contributed by atoms with Crippen LogP contribution < -0.4 is 11.1 Å². The van der Waals surface area contributed by atoms with Crippen LogP contribution in [0, 0.1) is 13.8 Å². The fourth-order valence-corrected chi connectivity index (χ4v) is 1.72. The molecule has 0 aromatic carbocycles. The Morgan fingerprint density at radius 3 is 2.50 bits per heavy atom. The Kier molecular flexibility index (Phi) is 3.65. The fourth-order valence-electron chi connectivity index (χ4n) is 1.72. The maximum absolute atomic E-state index is 5.97. The minimum Gasteiger partial charge on any atom is -0.383 e. The lowest BCUT2D eigenvalue weighted by Gasteiger charge is -2.19. The molecule has 0 aliphatic rings. The van der Waals surface area contributed by atoms with Gasteiger partial charge in [0.25, 0.3) is 0 Å². The molecule has 0 fully saturated rings. The average Bonchev–Trinajstić information content (AvgIpc) is 2.75. The Morgan fingerprint density at radius 1 is 1.25 bits per heavy atom. The second kappa shape index (κ2) is 5.11. The summed E-state index contributed by atoms with van der Waals surface area (Å²) in [7, 11) is 0. The van der Waals surface area contributed by atoms with Crippen molar-refractivity contribution in [1.29, 1.82) is 0 Å². The van der Waals surface area contributed by atoms with Crippen molar-refractivity contribution in [1.82, 2.24) is 15.1 Å². The van der Waals surface area contributed by atoms with Gasteiger partial charge in [0.2, 0.25) is 0 Å². The fraction of sp³-hybridized carbons (Fsp3) is 0.500. The molecule has 6 nitrogen and oxygen atoms in total. The number of rotatable bonds is 3. The molecule has 2 heterocycles. The first kappa shape index (κ1) is 14.3. The van der Waals surface area contributed by atoms with Crippen LogP contribution in [0.3, 0.4) is 0 Å². The average molecular weight is 275 g/mol. The van der Waals surface area contributed by atoms with Crippen molar-refractivity contribution in [2.24, 2.45) is 0 Å². The van der Waals surface area contributed by atoms with E-state index < -0.39 is 0 Å². The van der Waals surface area contributed by atoms with E-state index in [1.165, 1.54) is 0 Å². The molecule has 0 amide bonds. The minimum atomic E-state index is -0.150. The van der Waals surface area contributed by atoms with E-state index in [9.17, 15) is 0 Å². The zero-order valence-electron chi connectivity index (χ0n) is 12.6. The zero-order valence-corrected chi connectivity index (χ0v) is 12.6. The molecule has 2 rings (SSSR count). The van der Waals surface area contributed by atoms with Gasteiger partial charge in [0.05, 0.1) is 6.54 Å². The van der Waals surface area contributed by atoms with Crippen molar-refractivity contribution in [3.05, 3.63) is 28.9 Å². The molecule has 0 aliphatic carbocycles. The Labute approximate surface area is 118 Å². The smallest absolute Gasteiger partial charge is 0.138 e. The van der Waals surface area contributed by atoms with E-state index in [0.29, 0.717) is 12.4 Å². The van der Waals surface area contributed by atoms with Gasteiger partial charge in [-0.25, -0.2) is 9.97 Å². The summed E-state index contributed by atoms with van der Waals surface area (Å²) < 4.78 is 5.04. The monoisotopic (exact) mass is 275 g/mol. The molecule has 0 saturated heterocycles. The van der Waals surface area contributed by atoms with E-state index in [1.807, 2.05) is 19.9 Å². The highest BCUT2D eigenvalue weighted by atomic mass is 16.5. The number of nitrogens with two attached hydrogens (primary N) is 1. The van der Waals surface area contributed by atoms with Crippen LogP contribution in [0.2, 0.25) is 0 Å². The highest BCUT2D eigenvalue weighted by Gasteiger charge is 2.20. The van der Waals surface area contributed by atoms with Gasteiger partial charge in [0, 0.05) is 17.0 Å². The first-order chi connectivity index (χ1) is 9.27. The molecule has 3 N–H and O–H groups in total. The van der Waals surface area contributed by atoms with Gasteiger partial charge in [-0.3, -0.25) is 0 Å². The molecule has 0 aliphatic heterocycles. The van der Waals surface area contributed by atoms with Crippen molar-refractivity contribution in [2.75, 3.05) is 11.1 Å². The summed E-state index contributed by atoms with van der Waals surface area (Å²) in [6.07, 6.45) is 0. The van der Waals surface area contributed by atoms with Gasteiger partial charge in [-0.15, -0.1) is 0 Å². The molecule has 0 spiro atoms. The molecule has 2 aromatic heterocycles. The van der Waals surface area contributed by atoms with Crippen molar-refractivity contribution >= 4 is 11.6 Å². The van der Waals surface area contributed by atoms with Crippen LogP contribution in [-0.2, 0) is 12.0 Å². The molecule has 0 saturated carbocycles. The molecule has 0 bridgehead atoms. The lowest BCUT2D eigenvalue weighted by atomic mass is 9.95. The lowest BCUT2D eigenvalue weighted by Crippen LogP contribution is -2.19. The van der Waals surface area contributed by atoms with E-state index >= 15 is 0 Å². The Morgan fingerprint density at radius 2 is 1.95 bits per heavy atom. The molecule has 0 radical (unpaired) electrons. The third-order valence-corrected chi connectivity index (χ3v) is 2.97. The number of nitrogens with one attached hydrogen (secondary N) is 1. The van der Waals surface area contributed by atoms with Gasteiger partial charge in [0.15, 0.2) is 0 Å². The summed E-state index contributed by atoms with van der Waals surface area (Å²) >= 11 is 0. The van der Waals surface area contributed by atoms with Crippen molar-refractivity contribution in [2.45, 2.75) is 46.6 Å². The van der Waals surface area contributed by atoms with Crippen LogP contribution in [-0.4, -0.2) is 15.1 Å². The van der Waals surface area contributed by atoms with E-state index in [1.54, 1.807) is 0 Å². The number of aromatic nitrogens is 3. The SMILES string of the molecule is Cc1cc(CNc2nc(C(C)(C)C)nc(N)c2C)no1. The van der Waals surface area contributed by atoms with Crippen LogP contribution in [0.4, 0.5) is 11.6 Å². The van der Waals surface area contributed by atoms with E-state index in [-0.39, 0.29) is 5.41 Å². The van der Waals surface area contributed by atoms with Crippen LogP contribution >= 0.6 is 0 Å². The summed E-state index contributed by atoms with van der Waals surface area (Å²) in [6.45, 7) is 10.5. The second-order valence-corrected chi connectivity index (χ2v) is 5.94. The largest absolute Gasteiger partial charge is 0.383 e. The third kappa shape index (κ3) is 3.07. The first-order valence-corrected chi connectivity index (χ1v) is 6.58. The Balaban J connectivity index is 2.24. The van der Waals surface area contributed by atoms with E-state index in [2.05, 4.69) is 41.2 Å². The quantitative estimate of drug-likeness (QED) is 0.894. The number of hydrogen-bond acceptors (Lipinski definition) is 6. The minimum absolute atomic E-state index is 0.150. The number of hydrogen-bond donors (Lipinski definition) is 2. The maximum atomic E-state index is 5.97. The standard InChI is InChI=1S/C14H21N5O/c1-8-6-10(19-20-8)7-16-12-9(2)11(15)17-13(18-12)14(3,4)5/h6H,7H2,1-5H3,(H3,15,16,17,18). The number of anilines is 2. The van der Waals surface area contributed by atoms with Gasteiger partial charge in [-0.05, 0) is 13.8 Å². The predicted octanol–water partition coefficient (Wildman–Crippen LogP) is 2.57. The highest BCUT2D eigenvalue weighted by molar-refractivity contribution is 5.55. The van der Waals surface area contributed by atoms with Crippen LogP contribution in [0.25, 0.3) is 0 Å². The van der Waals surface area contributed by atoms with Crippen molar-refractivity contribution < 1.29 is 4.52 Å². The van der Waals surface area contributed by atoms with Crippen LogP contribution in [0.15, 0.2) is 10.6 Å². The van der Waals surface area contributed by atoms with Crippen molar-refractivity contribution in [3.63, 3.8) is 0 Å². The summed E-state index contributed by atoms with van der Waals surface area (Å²) in [5, 5.41) is 7.18. The molecule has 6 heteroatoms. The van der Waals surface area contributed by atoms with Gasteiger partial charge in [0.1, 0.15) is 28.9 Å². The van der Waals surface area contributed by atoms with E-state index in [4.69, 9.17) is 10.3 Å². The van der Waals surface area contributed by atoms with Gasteiger partial charge >= 0.3 is 0 Å². The Hall–Kier alpha value is -2.11. The number of nitrogens with zero attached hydrogens (tertiary/aromatic N) is 3. The molecular weight excluding hydrogens is 254 g/mol. The first-order valence-electron chi connectivity index (χ1n) is 6.58. The Bertz CT molecular complexity index is 613. The predicted molar refractivity (Wildman–Crippen MR) is 78.4 cm³/mol. The van der Waals surface area contributed by atoms with Gasteiger partial charge < -0.3 is 15.6 Å². The normalized spacial score (nSPS) is 11.7. The third-order valence-electron chi connectivity index (χ3n) is 2.97. The number of nitrogen functional groups attached to an aromatic ring is 1. The van der Waals surface area contributed by atoms with Crippen molar-refractivity contribution in [3.8, 4) is 0 Å².